The van der Waals surface area contributed by atoms with Gasteiger partial charge in [0.15, 0.2) is 0 Å². The van der Waals surface area contributed by atoms with Crippen LogP contribution in [0.25, 0.3) is 0 Å². The van der Waals surface area contributed by atoms with Crippen molar-refractivity contribution < 1.29 is 4.42 Å². The minimum absolute atomic E-state index is 0.311. The third kappa shape index (κ3) is 2.96. The molecule has 0 bridgehead atoms. The number of hydrogen-bond donors (Lipinski definition) is 1. The standard InChI is InChI=1S/C19H21N3O/c20-12-17-19(21-14-9-5-2-6-10-14)23-18(22-17)16-11-15(16)13-7-3-1-4-8-13/h1,3-4,7-8,14-16,21H,2,5-6,9-11H2/t15-,16-/m1/s1. The van der Waals surface area contributed by atoms with Crippen molar-refractivity contribution in [1.82, 2.24) is 4.98 Å². The molecule has 0 amide bonds. The van der Waals surface area contributed by atoms with Gasteiger partial charge in [0.05, 0.1) is 0 Å². The van der Waals surface area contributed by atoms with Crippen molar-refractivity contribution in [1.29, 1.82) is 5.26 Å². The molecule has 0 saturated heterocycles. The van der Waals surface area contributed by atoms with Crippen LogP contribution in [0.5, 0.6) is 0 Å². The summed E-state index contributed by atoms with van der Waals surface area (Å²) in [6.07, 6.45) is 7.16. The number of nitrogens with one attached hydrogen (secondary N) is 1. The molecule has 1 N–H and O–H groups in total. The van der Waals surface area contributed by atoms with E-state index < -0.39 is 0 Å². The van der Waals surface area contributed by atoms with Crippen LogP contribution in [0, 0.1) is 11.3 Å². The van der Waals surface area contributed by atoms with Crippen molar-refractivity contribution in [3.05, 3.63) is 47.5 Å². The van der Waals surface area contributed by atoms with Gasteiger partial charge in [-0.15, -0.1) is 0 Å². The van der Waals surface area contributed by atoms with E-state index >= 15 is 0 Å². The van der Waals surface area contributed by atoms with Crippen LogP contribution in [0.2, 0.25) is 0 Å². The van der Waals surface area contributed by atoms with Crippen molar-refractivity contribution >= 4 is 5.88 Å². The summed E-state index contributed by atoms with van der Waals surface area (Å²) in [5, 5.41) is 12.7. The lowest BCUT2D eigenvalue weighted by atomic mass is 9.95. The first-order valence-electron chi connectivity index (χ1n) is 8.57. The highest BCUT2D eigenvalue weighted by Crippen LogP contribution is 2.54. The van der Waals surface area contributed by atoms with Gasteiger partial charge < -0.3 is 9.73 Å². The molecule has 2 fully saturated rings. The normalized spacial score (nSPS) is 24.1. The number of oxazole rings is 1. The largest absolute Gasteiger partial charge is 0.424 e. The number of nitriles is 1. The maximum absolute atomic E-state index is 9.33. The molecule has 2 aliphatic rings. The molecule has 4 rings (SSSR count). The van der Waals surface area contributed by atoms with E-state index in [9.17, 15) is 5.26 Å². The monoisotopic (exact) mass is 307 g/mol. The molecule has 2 aliphatic carbocycles. The third-order valence-corrected chi connectivity index (χ3v) is 5.03. The van der Waals surface area contributed by atoms with Gasteiger partial charge in [0.1, 0.15) is 6.07 Å². The minimum atomic E-state index is 0.311. The fourth-order valence-corrected chi connectivity index (χ4v) is 3.64. The highest BCUT2D eigenvalue weighted by atomic mass is 16.4. The van der Waals surface area contributed by atoms with Crippen LogP contribution < -0.4 is 5.32 Å². The minimum Gasteiger partial charge on any atom is -0.424 e. The van der Waals surface area contributed by atoms with Crippen LogP contribution in [0.15, 0.2) is 34.7 Å². The van der Waals surface area contributed by atoms with Gasteiger partial charge in [0.25, 0.3) is 0 Å². The van der Waals surface area contributed by atoms with E-state index in [0.29, 0.717) is 35.3 Å². The molecule has 118 valence electrons. The Morgan fingerprint density at radius 2 is 1.87 bits per heavy atom. The number of anilines is 1. The average molecular weight is 307 g/mol. The fourth-order valence-electron chi connectivity index (χ4n) is 3.64. The second-order valence-corrected chi connectivity index (χ2v) is 6.68. The maximum atomic E-state index is 9.33. The molecule has 1 aromatic heterocycles. The smallest absolute Gasteiger partial charge is 0.232 e. The van der Waals surface area contributed by atoms with Crippen molar-refractivity contribution in [2.24, 2.45) is 0 Å². The van der Waals surface area contributed by atoms with Crippen LogP contribution in [-0.2, 0) is 0 Å². The lowest BCUT2D eigenvalue weighted by molar-refractivity contribution is 0.442. The molecular weight excluding hydrogens is 286 g/mol. The average Bonchev–Trinajstić information content (AvgIpc) is 3.31. The molecule has 2 atom stereocenters. The molecule has 2 saturated carbocycles. The van der Waals surface area contributed by atoms with E-state index in [4.69, 9.17) is 4.42 Å². The highest BCUT2D eigenvalue weighted by molar-refractivity contribution is 5.47. The number of rotatable bonds is 4. The molecule has 1 heterocycles. The topological polar surface area (TPSA) is 61.9 Å². The molecule has 0 unspecified atom stereocenters. The Balaban J connectivity index is 1.49. The van der Waals surface area contributed by atoms with Crippen LogP contribution in [0.3, 0.4) is 0 Å². The zero-order chi connectivity index (χ0) is 15.6. The Bertz CT molecular complexity index is 710. The van der Waals surface area contributed by atoms with Crippen LogP contribution in [-0.4, -0.2) is 11.0 Å². The molecule has 0 radical (unpaired) electrons. The maximum Gasteiger partial charge on any atom is 0.232 e. The van der Waals surface area contributed by atoms with E-state index in [1.807, 2.05) is 6.07 Å². The predicted molar refractivity (Wildman–Crippen MR) is 88.3 cm³/mol. The molecule has 1 aromatic carbocycles. The van der Waals surface area contributed by atoms with E-state index in [2.05, 4.69) is 40.6 Å². The first kappa shape index (κ1) is 14.3. The fraction of sp³-hybridized carbons (Fsp3) is 0.474. The van der Waals surface area contributed by atoms with Crippen molar-refractivity contribution in [2.45, 2.75) is 56.4 Å². The van der Waals surface area contributed by atoms with E-state index in [1.165, 1.54) is 24.8 Å². The molecule has 0 aliphatic heterocycles. The summed E-state index contributed by atoms with van der Waals surface area (Å²) >= 11 is 0. The highest BCUT2D eigenvalue weighted by Gasteiger charge is 2.43. The third-order valence-electron chi connectivity index (χ3n) is 5.03. The Labute approximate surface area is 136 Å². The van der Waals surface area contributed by atoms with Gasteiger partial charge in [-0.1, -0.05) is 49.6 Å². The summed E-state index contributed by atoms with van der Waals surface area (Å²) < 4.78 is 5.94. The Morgan fingerprint density at radius 1 is 1.09 bits per heavy atom. The van der Waals surface area contributed by atoms with Crippen LogP contribution in [0.4, 0.5) is 5.88 Å². The van der Waals surface area contributed by atoms with Gasteiger partial charge in [0.2, 0.25) is 17.5 Å². The lowest BCUT2D eigenvalue weighted by Crippen LogP contribution is -2.22. The molecule has 4 nitrogen and oxygen atoms in total. The Morgan fingerprint density at radius 3 is 2.61 bits per heavy atom. The molecule has 2 aromatic rings. The van der Waals surface area contributed by atoms with E-state index in [-0.39, 0.29) is 0 Å². The number of nitrogens with zero attached hydrogens (tertiary/aromatic N) is 2. The summed E-state index contributed by atoms with van der Waals surface area (Å²) in [6.45, 7) is 0. The number of benzene rings is 1. The number of hydrogen-bond acceptors (Lipinski definition) is 4. The number of aromatic nitrogens is 1. The first-order chi connectivity index (χ1) is 11.3. The molecule has 4 heteroatoms. The molecule has 0 spiro atoms. The van der Waals surface area contributed by atoms with Crippen LogP contribution >= 0.6 is 0 Å². The Kier molecular flexibility index (Phi) is 3.78. The van der Waals surface area contributed by atoms with Crippen molar-refractivity contribution in [3.8, 4) is 6.07 Å². The second kappa shape index (κ2) is 6.08. The van der Waals surface area contributed by atoms with Gasteiger partial charge in [-0.25, -0.2) is 4.98 Å². The van der Waals surface area contributed by atoms with Crippen molar-refractivity contribution in [2.75, 3.05) is 5.32 Å². The summed E-state index contributed by atoms with van der Waals surface area (Å²) in [5.74, 6) is 2.08. The Hall–Kier alpha value is -2.28. The quantitative estimate of drug-likeness (QED) is 0.899. The summed E-state index contributed by atoms with van der Waals surface area (Å²) in [6, 6.07) is 13.1. The molecular formula is C19H21N3O. The zero-order valence-electron chi connectivity index (χ0n) is 13.2. The van der Waals surface area contributed by atoms with Crippen molar-refractivity contribution in [3.63, 3.8) is 0 Å². The lowest BCUT2D eigenvalue weighted by Gasteiger charge is -2.22. The van der Waals surface area contributed by atoms with E-state index in [0.717, 1.165) is 19.3 Å². The van der Waals surface area contributed by atoms with Gasteiger partial charge in [-0.05, 0) is 30.7 Å². The van der Waals surface area contributed by atoms with Gasteiger partial charge in [-0.2, -0.15) is 5.26 Å². The molecule has 23 heavy (non-hydrogen) atoms. The summed E-state index contributed by atoms with van der Waals surface area (Å²) in [5.41, 5.74) is 1.74. The zero-order valence-corrected chi connectivity index (χ0v) is 13.2. The van der Waals surface area contributed by atoms with Gasteiger partial charge in [0, 0.05) is 12.0 Å². The first-order valence-corrected chi connectivity index (χ1v) is 8.57. The SMILES string of the molecule is N#Cc1nc([C@@H]2C[C@@H]2c2ccccc2)oc1NC1CCCCC1. The second-order valence-electron chi connectivity index (χ2n) is 6.68. The van der Waals surface area contributed by atoms with E-state index in [1.54, 1.807) is 0 Å². The summed E-state index contributed by atoms with van der Waals surface area (Å²) in [7, 11) is 0. The van der Waals surface area contributed by atoms with Gasteiger partial charge >= 0.3 is 0 Å². The summed E-state index contributed by atoms with van der Waals surface area (Å²) in [4.78, 5) is 4.44. The predicted octanol–water partition coefficient (Wildman–Crippen LogP) is 4.56. The van der Waals surface area contributed by atoms with Gasteiger partial charge in [-0.3, -0.25) is 0 Å². The van der Waals surface area contributed by atoms with Crippen LogP contribution in [0.1, 0.15) is 67.5 Å².